The number of hydrogen-bond donors (Lipinski definition) is 0. The van der Waals surface area contributed by atoms with Crippen molar-refractivity contribution in [3.63, 3.8) is 0 Å². The normalized spacial score (nSPS) is 12.6. The molecule has 4 rings (SSSR count). The zero-order chi connectivity index (χ0) is 23.4. The van der Waals surface area contributed by atoms with E-state index in [1.165, 1.54) is 24.3 Å². The lowest BCUT2D eigenvalue weighted by Crippen LogP contribution is -2.16. The fraction of sp³-hybridized carbons (Fsp3) is 0.231. The van der Waals surface area contributed by atoms with E-state index in [9.17, 15) is 13.2 Å². The van der Waals surface area contributed by atoms with Crippen LogP contribution in [0.3, 0.4) is 0 Å². The first-order valence-electron chi connectivity index (χ1n) is 10.3. The van der Waals surface area contributed by atoms with Crippen LogP contribution in [0.5, 0.6) is 23.0 Å². The van der Waals surface area contributed by atoms with Crippen molar-refractivity contribution in [1.82, 2.24) is 0 Å². The van der Waals surface area contributed by atoms with Crippen molar-refractivity contribution in [2.75, 3.05) is 20.8 Å². The third kappa shape index (κ3) is 5.17. The number of ether oxygens (including phenoxy) is 4. The number of benzene rings is 3. The molecule has 0 aliphatic carbocycles. The van der Waals surface area contributed by atoms with Crippen molar-refractivity contribution in [2.45, 2.75) is 19.2 Å². The summed E-state index contributed by atoms with van der Waals surface area (Å²) in [5.41, 5.74) is 3.98. The molecule has 0 unspecified atom stereocenters. The average Bonchev–Trinajstić information content (AvgIpc) is 2.81. The number of rotatable bonds is 4. The number of hydrogen-bond acceptors (Lipinski definition) is 4. The lowest BCUT2D eigenvalue weighted by Gasteiger charge is -2.22. The maximum absolute atomic E-state index is 12.3. The smallest absolute Gasteiger partial charge is 0.496 e. The van der Waals surface area contributed by atoms with E-state index in [1.807, 2.05) is 12.1 Å². The van der Waals surface area contributed by atoms with E-state index in [-0.39, 0.29) is 5.75 Å². The molecule has 1 aliphatic rings. The number of methoxy groups -OCH3 is 2. The van der Waals surface area contributed by atoms with Gasteiger partial charge in [-0.1, -0.05) is 30.0 Å². The summed E-state index contributed by atoms with van der Waals surface area (Å²) >= 11 is 0. The van der Waals surface area contributed by atoms with Crippen LogP contribution in [0, 0.1) is 11.8 Å². The molecule has 3 aromatic carbocycles. The minimum absolute atomic E-state index is 0.297. The summed E-state index contributed by atoms with van der Waals surface area (Å²) in [6.45, 7) is 0.658. The Bertz CT molecular complexity index is 1180. The molecule has 0 saturated carbocycles. The largest absolute Gasteiger partial charge is 0.573 e. The van der Waals surface area contributed by atoms with Gasteiger partial charge in [-0.2, -0.15) is 0 Å². The summed E-state index contributed by atoms with van der Waals surface area (Å²) in [5.74, 6) is 7.65. The third-order valence-electron chi connectivity index (χ3n) is 5.15. The van der Waals surface area contributed by atoms with Crippen molar-refractivity contribution in [3.05, 3.63) is 71.3 Å². The molecule has 0 radical (unpaired) electrons. The molecular formula is C26H21F3O4. The van der Waals surface area contributed by atoms with Crippen LogP contribution in [0.25, 0.3) is 11.1 Å². The van der Waals surface area contributed by atoms with Gasteiger partial charge in [0, 0.05) is 16.7 Å². The predicted octanol–water partition coefficient (Wildman–Crippen LogP) is 5.99. The standard InChI is InChI=1S/C26H21F3O4/c1-30-22-15-18(9-8-17-10-12-20(13-11-17)33-26(27,28)29)16-23(31-2)24(22)21-7-3-5-19-6-4-14-32-25(19)21/h3,5,7,10-13,15-16H,4,6,14H2,1-2H3. The van der Waals surface area contributed by atoms with Crippen LogP contribution in [0.2, 0.25) is 0 Å². The number of para-hydroxylation sites is 1. The first kappa shape index (κ1) is 22.4. The van der Waals surface area contributed by atoms with E-state index in [2.05, 4.69) is 22.6 Å². The highest BCUT2D eigenvalue weighted by atomic mass is 19.4. The van der Waals surface area contributed by atoms with Gasteiger partial charge in [-0.15, -0.1) is 13.2 Å². The third-order valence-corrected chi connectivity index (χ3v) is 5.15. The molecule has 4 nitrogen and oxygen atoms in total. The van der Waals surface area contributed by atoms with E-state index in [0.717, 1.165) is 35.3 Å². The van der Waals surface area contributed by atoms with Gasteiger partial charge in [-0.05, 0) is 54.8 Å². The number of fused-ring (bicyclic) bond motifs is 1. The number of aryl methyl sites for hydroxylation is 1. The maximum atomic E-state index is 12.3. The molecule has 170 valence electrons. The second-order valence-electron chi connectivity index (χ2n) is 7.32. The van der Waals surface area contributed by atoms with Gasteiger partial charge in [0.15, 0.2) is 0 Å². The van der Waals surface area contributed by atoms with Crippen LogP contribution in [-0.4, -0.2) is 27.2 Å². The van der Waals surface area contributed by atoms with Gasteiger partial charge in [0.1, 0.15) is 23.0 Å². The van der Waals surface area contributed by atoms with Gasteiger partial charge < -0.3 is 18.9 Å². The van der Waals surface area contributed by atoms with Crippen molar-refractivity contribution >= 4 is 0 Å². The van der Waals surface area contributed by atoms with Crippen LogP contribution in [0.4, 0.5) is 13.2 Å². The van der Waals surface area contributed by atoms with Crippen LogP contribution in [0.1, 0.15) is 23.1 Å². The van der Waals surface area contributed by atoms with E-state index < -0.39 is 6.36 Å². The molecule has 0 bridgehead atoms. The molecular weight excluding hydrogens is 433 g/mol. The zero-order valence-electron chi connectivity index (χ0n) is 18.1. The Morgan fingerprint density at radius 3 is 2.18 bits per heavy atom. The van der Waals surface area contributed by atoms with E-state index in [1.54, 1.807) is 26.4 Å². The molecule has 3 aromatic rings. The van der Waals surface area contributed by atoms with Gasteiger partial charge in [-0.25, -0.2) is 0 Å². The zero-order valence-corrected chi connectivity index (χ0v) is 18.1. The van der Waals surface area contributed by atoms with Crippen LogP contribution >= 0.6 is 0 Å². The topological polar surface area (TPSA) is 36.9 Å². The highest BCUT2D eigenvalue weighted by Gasteiger charge is 2.31. The summed E-state index contributed by atoms with van der Waals surface area (Å²) < 4.78 is 58.1. The lowest BCUT2D eigenvalue weighted by molar-refractivity contribution is -0.274. The molecule has 0 saturated heterocycles. The average molecular weight is 454 g/mol. The summed E-state index contributed by atoms with van der Waals surface area (Å²) in [4.78, 5) is 0. The minimum atomic E-state index is -4.73. The Morgan fingerprint density at radius 2 is 1.55 bits per heavy atom. The molecule has 0 amide bonds. The van der Waals surface area contributed by atoms with Gasteiger partial charge in [-0.3, -0.25) is 0 Å². The first-order chi connectivity index (χ1) is 15.9. The molecule has 7 heteroatoms. The number of alkyl halides is 3. The minimum Gasteiger partial charge on any atom is -0.496 e. The molecule has 1 heterocycles. The van der Waals surface area contributed by atoms with Gasteiger partial charge >= 0.3 is 6.36 Å². The van der Waals surface area contributed by atoms with E-state index >= 15 is 0 Å². The molecule has 0 spiro atoms. The van der Waals surface area contributed by atoms with Crippen LogP contribution in [0.15, 0.2) is 54.6 Å². The Labute approximate surface area is 189 Å². The van der Waals surface area contributed by atoms with E-state index in [4.69, 9.17) is 14.2 Å². The second kappa shape index (κ2) is 9.37. The first-order valence-corrected chi connectivity index (χ1v) is 10.3. The monoisotopic (exact) mass is 454 g/mol. The van der Waals surface area contributed by atoms with Crippen molar-refractivity contribution < 1.29 is 32.1 Å². The molecule has 0 aromatic heterocycles. The Kier molecular flexibility index (Phi) is 6.36. The Hall–Kier alpha value is -3.79. The summed E-state index contributed by atoms with van der Waals surface area (Å²) in [6, 6.07) is 15.0. The van der Waals surface area contributed by atoms with Gasteiger partial charge in [0.25, 0.3) is 0 Å². The Morgan fingerprint density at radius 1 is 0.879 bits per heavy atom. The predicted molar refractivity (Wildman–Crippen MR) is 118 cm³/mol. The maximum Gasteiger partial charge on any atom is 0.573 e. The summed E-state index contributed by atoms with van der Waals surface area (Å²) in [6.07, 6.45) is -2.81. The van der Waals surface area contributed by atoms with Crippen LogP contribution in [-0.2, 0) is 6.42 Å². The van der Waals surface area contributed by atoms with Crippen molar-refractivity contribution in [2.24, 2.45) is 0 Å². The summed E-state index contributed by atoms with van der Waals surface area (Å²) in [7, 11) is 3.15. The molecule has 0 fully saturated rings. The SMILES string of the molecule is COc1cc(C#Cc2ccc(OC(F)(F)F)cc2)cc(OC)c1-c1cccc2c1OCCC2. The molecule has 0 N–H and O–H groups in total. The van der Waals surface area contributed by atoms with Crippen LogP contribution < -0.4 is 18.9 Å². The Balaban J connectivity index is 1.68. The molecule has 1 aliphatic heterocycles. The number of halogens is 3. The molecule has 0 atom stereocenters. The van der Waals surface area contributed by atoms with Gasteiger partial charge in [0.2, 0.25) is 0 Å². The fourth-order valence-corrected chi connectivity index (χ4v) is 3.72. The van der Waals surface area contributed by atoms with Gasteiger partial charge in [0.05, 0.1) is 26.4 Å². The quantitative estimate of drug-likeness (QED) is 0.454. The highest BCUT2D eigenvalue weighted by Crippen LogP contribution is 2.45. The van der Waals surface area contributed by atoms with Crippen molar-refractivity contribution in [3.8, 4) is 46.0 Å². The highest BCUT2D eigenvalue weighted by molar-refractivity contribution is 5.83. The summed E-state index contributed by atoms with van der Waals surface area (Å²) in [5, 5.41) is 0. The van der Waals surface area contributed by atoms with Crippen molar-refractivity contribution in [1.29, 1.82) is 0 Å². The second-order valence-corrected chi connectivity index (χ2v) is 7.32. The lowest BCUT2D eigenvalue weighted by atomic mass is 9.95. The fourth-order valence-electron chi connectivity index (χ4n) is 3.72. The molecule has 33 heavy (non-hydrogen) atoms. The van der Waals surface area contributed by atoms with E-state index in [0.29, 0.717) is 29.2 Å².